The number of hydrogen-bond acceptors (Lipinski definition) is 3. The number of hydrazine groups is 1. The van der Waals surface area contributed by atoms with E-state index >= 15 is 0 Å². The summed E-state index contributed by atoms with van der Waals surface area (Å²) in [6.07, 6.45) is 3.17. The lowest BCUT2D eigenvalue weighted by Crippen LogP contribution is -2.63. The van der Waals surface area contributed by atoms with E-state index in [1.54, 1.807) is 0 Å². The quantitative estimate of drug-likeness (QED) is 0.542. The van der Waals surface area contributed by atoms with Crippen molar-refractivity contribution in [1.29, 1.82) is 0 Å². The summed E-state index contributed by atoms with van der Waals surface area (Å²) in [6, 6.07) is 9.06. The van der Waals surface area contributed by atoms with E-state index in [2.05, 4.69) is 69.2 Å². The molecular formula is C18H33N3. The molecule has 0 spiro atoms. The predicted octanol–water partition coefficient (Wildman–Crippen LogP) is 3.27. The number of rotatable bonds is 9. The largest absolute Gasteiger partial charge is 0.297 e. The molecule has 1 aromatic rings. The first kappa shape index (κ1) is 18.1. The second-order valence-corrected chi connectivity index (χ2v) is 5.89. The standard InChI is InChI=1S/C18H33N3/c1-6-18(7-2,21(8-3)9-4)17(20-19)14-16-12-10-15(5)11-13-16/h10-13,17,20H,6-9,14,19H2,1-5H3. The maximum absolute atomic E-state index is 5.96. The number of nitrogens with one attached hydrogen (secondary N) is 1. The first-order valence-corrected chi connectivity index (χ1v) is 8.34. The molecule has 0 saturated carbocycles. The fourth-order valence-corrected chi connectivity index (χ4v) is 3.63. The van der Waals surface area contributed by atoms with Crippen molar-refractivity contribution in [2.75, 3.05) is 13.1 Å². The molecule has 0 heterocycles. The van der Waals surface area contributed by atoms with E-state index in [1.165, 1.54) is 11.1 Å². The Morgan fingerprint density at radius 2 is 1.57 bits per heavy atom. The molecule has 1 unspecified atom stereocenters. The lowest BCUT2D eigenvalue weighted by atomic mass is 9.79. The van der Waals surface area contributed by atoms with Gasteiger partial charge in [0.15, 0.2) is 0 Å². The minimum Gasteiger partial charge on any atom is -0.297 e. The van der Waals surface area contributed by atoms with Crippen molar-refractivity contribution in [3.8, 4) is 0 Å². The molecule has 21 heavy (non-hydrogen) atoms. The zero-order chi connectivity index (χ0) is 15.9. The third kappa shape index (κ3) is 4.06. The first-order chi connectivity index (χ1) is 10.1. The Kier molecular flexibility index (Phi) is 7.36. The molecule has 0 saturated heterocycles. The van der Waals surface area contributed by atoms with Gasteiger partial charge < -0.3 is 0 Å². The first-order valence-electron chi connectivity index (χ1n) is 8.34. The molecule has 0 aliphatic rings. The van der Waals surface area contributed by atoms with Crippen LogP contribution in [0.25, 0.3) is 0 Å². The Morgan fingerprint density at radius 1 is 1.05 bits per heavy atom. The van der Waals surface area contributed by atoms with E-state index in [-0.39, 0.29) is 11.6 Å². The molecule has 0 aliphatic carbocycles. The van der Waals surface area contributed by atoms with Crippen LogP contribution < -0.4 is 11.3 Å². The van der Waals surface area contributed by atoms with Crippen molar-refractivity contribution in [2.45, 2.75) is 65.5 Å². The molecule has 0 bridgehead atoms. The predicted molar refractivity (Wildman–Crippen MR) is 92.2 cm³/mol. The van der Waals surface area contributed by atoms with Crippen LogP contribution in [0, 0.1) is 6.92 Å². The normalized spacial score (nSPS) is 13.7. The van der Waals surface area contributed by atoms with Gasteiger partial charge in [0, 0.05) is 11.6 Å². The summed E-state index contributed by atoms with van der Waals surface area (Å²) in [4.78, 5) is 2.56. The van der Waals surface area contributed by atoms with Crippen LogP contribution in [0.1, 0.15) is 51.7 Å². The van der Waals surface area contributed by atoms with Crippen molar-refractivity contribution in [2.24, 2.45) is 5.84 Å². The molecule has 0 aromatic heterocycles. The van der Waals surface area contributed by atoms with Crippen LogP contribution in [0.4, 0.5) is 0 Å². The summed E-state index contributed by atoms with van der Waals surface area (Å²) in [5.74, 6) is 5.96. The van der Waals surface area contributed by atoms with Crippen LogP contribution in [-0.2, 0) is 6.42 Å². The molecule has 0 aliphatic heterocycles. The smallest absolute Gasteiger partial charge is 0.0434 e. The third-order valence-corrected chi connectivity index (χ3v) is 5.03. The number of aryl methyl sites for hydroxylation is 1. The average Bonchev–Trinajstić information content (AvgIpc) is 2.52. The van der Waals surface area contributed by atoms with Crippen molar-refractivity contribution in [3.05, 3.63) is 35.4 Å². The zero-order valence-corrected chi connectivity index (χ0v) is 14.4. The SMILES string of the molecule is CCN(CC)C(CC)(CC)C(Cc1ccc(C)cc1)NN. The van der Waals surface area contributed by atoms with E-state index in [0.717, 1.165) is 32.4 Å². The summed E-state index contributed by atoms with van der Waals surface area (Å²) in [6.45, 7) is 13.3. The highest BCUT2D eigenvalue weighted by Gasteiger charge is 2.39. The third-order valence-electron chi connectivity index (χ3n) is 5.03. The molecule has 120 valence electrons. The summed E-state index contributed by atoms with van der Waals surface area (Å²) in [5, 5.41) is 0. The van der Waals surface area contributed by atoms with E-state index in [0.29, 0.717) is 0 Å². The van der Waals surface area contributed by atoms with E-state index in [4.69, 9.17) is 5.84 Å². The van der Waals surface area contributed by atoms with Crippen molar-refractivity contribution in [3.63, 3.8) is 0 Å². The number of likely N-dealkylation sites (N-methyl/N-ethyl adjacent to an activating group) is 1. The van der Waals surface area contributed by atoms with Crippen LogP contribution >= 0.6 is 0 Å². The Hall–Kier alpha value is -0.900. The molecule has 0 radical (unpaired) electrons. The van der Waals surface area contributed by atoms with Gasteiger partial charge in [0.25, 0.3) is 0 Å². The van der Waals surface area contributed by atoms with Crippen LogP contribution in [-0.4, -0.2) is 29.6 Å². The summed E-state index contributed by atoms with van der Waals surface area (Å²) in [7, 11) is 0. The topological polar surface area (TPSA) is 41.3 Å². The van der Waals surface area contributed by atoms with Crippen molar-refractivity contribution >= 4 is 0 Å². The monoisotopic (exact) mass is 291 g/mol. The van der Waals surface area contributed by atoms with Crippen LogP contribution in [0.15, 0.2) is 24.3 Å². The highest BCUT2D eigenvalue weighted by molar-refractivity contribution is 5.23. The Morgan fingerprint density at radius 3 is 1.95 bits per heavy atom. The fourth-order valence-electron chi connectivity index (χ4n) is 3.63. The van der Waals surface area contributed by atoms with E-state index in [1.807, 2.05) is 0 Å². The van der Waals surface area contributed by atoms with Crippen LogP contribution in [0.3, 0.4) is 0 Å². The Bertz CT molecular complexity index is 391. The number of hydrogen-bond donors (Lipinski definition) is 2. The van der Waals surface area contributed by atoms with Gasteiger partial charge in [-0.1, -0.05) is 57.5 Å². The highest BCUT2D eigenvalue weighted by atomic mass is 15.3. The molecule has 3 heteroatoms. The van der Waals surface area contributed by atoms with Gasteiger partial charge in [-0.3, -0.25) is 16.2 Å². The molecule has 3 nitrogen and oxygen atoms in total. The maximum atomic E-state index is 5.96. The molecule has 1 rings (SSSR count). The summed E-state index contributed by atoms with van der Waals surface area (Å²) in [5.41, 5.74) is 5.88. The minimum atomic E-state index is 0.114. The molecule has 0 fully saturated rings. The lowest BCUT2D eigenvalue weighted by Gasteiger charge is -2.48. The lowest BCUT2D eigenvalue weighted by molar-refractivity contribution is 0.0492. The van der Waals surface area contributed by atoms with Gasteiger partial charge in [-0.2, -0.15) is 0 Å². The Labute approximate surface area is 130 Å². The maximum Gasteiger partial charge on any atom is 0.0434 e. The zero-order valence-electron chi connectivity index (χ0n) is 14.4. The second kappa shape index (κ2) is 8.52. The molecular weight excluding hydrogens is 258 g/mol. The summed E-state index contributed by atoms with van der Waals surface area (Å²) < 4.78 is 0. The number of nitrogens with zero attached hydrogens (tertiary/aromatic N) is 1. The minimum absolute atomic E-state index is 0.114. The molecule has 1 atom stereocenters. The van der Waals surface area contributed by atoms with Gasteiger partial charge in [0.1, 0.15) is 0 Å². The van der Waals surface area contributed by atoms with Crippen LogP contribution in [0.2, 0.25) is 0 Å². The summed E-state index contributed by atoms with van der Waals surface area (Å²) >= 11 is 0. The highest BCUT2D eigenvalue weighted by Crippen LogP contribution is 2.29. The van der Waals surface area contributed by atoms with Gasteiger partial charge in [-0.25, -0.2) is 0 Å². The second-order valence-electron chi connectivity index (χ2n) is 5.89. The van der Waals surface area contributed by atoms with Crippen LogP contribution in [0.5, 0.6) is 0 Å². The van der Waals surface area contributed by atoms with Gasteiger partial charge >= 0.3 is 0 Å². The Balaban J connectivity index is 3.04. The van der Waals surface area contributed by atoms with Gasteiger partial charge in [-0.05, 0) is 44.8 Å². The van der Waals surface area contributed by atoms with Crippen molar-refractivity contribution < 1.29 is 0 Å². The fraction of sp³-hybridized carbons (Fsp3) is 0.667. The van der Waals surface area contributed by atoms with E-state index in [9.17, 15) is 0 Å². The molecule has 0 amide bonds. The van der Waals surface area contributed by atoms with Gasteiger partial charge in [-0.15, -0.1) is 0 Å². The van der Waals surface area contributed by atoms with E-state index < -0.39 is 0 Å². The molecule has 3 N–H and O–H groups in total. The number of nitrogens with two attached hydrogens (primary N) is 1. The van der Waals surface area contributed by atoms with Crippen molar-refractivity contribution in [1.82, 2.24) is 10.3 Å². The number of benzene rings is 1. The average molecular weight is 291 g/mol. The molecule has 1 aromatic carbocycles. The van der Waals surface area contributed by atoms with Gasteiger partial charge in [0.05, 0.1) is 0 Å². The van der Waals surface area contributed by atoms with Gasteiger partial charge in [0.2, 0.25) is 0 Å².